The molecule has 0 N–H and O–H groups in total. The Hall–Kier alpha value is -2.69. The van der Waals surface area contributed by atoms with E-state index in [4.69, 9.17) is 9.47 Å². The van der Waals surface area contributed by atoms with Crippen molar-refractivity contribution in [2.24, 2.45) is 33.6 Å². The molecule has 0 radical (unpaired) electrons. The first kappa shape index (κ1) is 24.4. The molecule has 3 fully saturated rings. The van der Waals surface area contributed by atoms with Gasteiger partial charge < -0.3 is 9.47 Å². The van der Waals surface area contributed by atoms with E-state index in [9.17, 15) is 9.59 Å². The zero-order valence-corrected chi connectivity index (χ0v) is 22.8. The molecule has 1 saturated heterocycles. The van der Waals surface area contributed by atoms with Gasteiger partial charge in [-0.1, -0.05) is 44.8 Å². The summed E-state index contributed by atoms with van der Waals surface area (Å²) < 4.78 is 12.3. The summed E-state index contributed by atoms with van der Waals surface area (Å²) in [4.78, 5) is 31.8. The van der Waals surface area contributed by atoms with Gasteiger partial charge in [0.2, 0.25) is 0 Å². The smallest absolute Gasteiger partial charge is 0.340 e. The van der Waals surface area contributed by atoms with Crippen LogP contribution in [0.2, 0.25) is 0 Å². The molecule has 2 bridgehead atoms. The number of rotatable bonds is 6. The Kier molecular flexibility index (Phi) is 5.72. The Morgan fingerprint density at radius 3 is 2.66 bits per heavy atom. The second kappa shape index (κ2) is 8.93. The summed E-state index contributed by atoms with van der Waals surface area (Å²) in [5.74, 6) is 1.87. The van der Waals surface area contributed by atoms with E-state index in [-0.39, 0.29) is 23.3 Å². The first-order valence-electron chi connectivity index (χ1n) is 15.0. The van der Waals surface area contributed by atoms with Gasteiger partial charge in [0, 0.05) is 23.3 Å². The number of hydrogen-bond acceptors (Lipinski definition) is 5. The molecule has 1 spiro atoms. The van der Waals surface area contributed by atoms with Crippen LogP contribution in [-0.2, 0) is 19.1 Å². The topological polar surface area (TPSA) is 65.0 Å². The summed E-state index contributed by atoms with van der Waals surface area (Å²) in [5, 5.41) is 0. The molecule has 2 saturated carbocycles. The van der Waals surface area contributed by atoms with E-state index in [2.05, 4.69) is 37.1 Å². The lowest BCUT2D eigenvalue weighted by Gasteiger charge is -2.56. The maximum atomic E-state index is 13.8. The van der Waals surface area contributed by atoms with E-state index in [1.807, 2.05) is 6.21 Å². The molecule has 5 heteroatoms. The second-order valence-corrected chi connectivity index (χ2v) is 12.6. The van der Waals surface area contributed by atoms with Gasteiger partial charge in [-0.05, 0) is 92.8 Å². The molecular weight excluding hydrogens is 474 g/mol. The number of ether oxygens (including phenoxy) is 2. The second-order valence-electron chi connectivity index (χ2n) is 12.6. The minimum atomic E-state index is -0.539. The Morgan fingerprint density at radius 2 is 1.92 bits per heavy atom. The summed E-state index contributed by atoms with van der Waals surface area (Å²) in [6, 6.07) is 0. The van der Waals surface area contributed by atoms with Gasteiger partial charge in [-0.3, -0.25) is 4.99 Å². The summed E-state index contributed by atoms with van der Waals surface area (Å²) >= 11 is 0. The molecule has 200 valence electrons. The van der Waals surface area contributed by atoms with Gasteiger partial charge in [-0.25, -0.2) is 9.59 Å². The van der Waals surface area contributed by atoms with Crippen LogP contribution in [0.5, 0.6) is 0 Å². The van der Waals surface area contributed by atoms with Crippen molar-refractivity contribution in [1.29, 1.82) is 0 Å². The van der Waals surface area contributed by atoms with Crippen molar-refractivity contribution in [3.63, 3.8) is 0 Å². The highest BCUT2D eigenvalue weighted by Gasteiger charge is 2.68. The molecule has 3 aliphatic heterocycles. The van der Waals surface area contributed by atoms with E-state index < -0.39 is 5.41 Å². The van der Waals surface area contributed by atoms with Crippen molar-refractivity contribution in [2.45, 2.75) is 90.9 Å². The molecule has 38 heavy (non-hydrogen) atoms. The van der Waals surface area contributed by atoms with Crippen molar-refractivity contribution in [3.05, 3.63) is 57.6 Å². The Morgan fingerprint density at radius 1 is 1.08 bits per heavy atom. The highest BCUT2D eigenvalue weighted by atomic mass is 16.5. The molecule has 0 amide bonds. The molecule has 8 rings (SSSR count). The Bertz CT molecular complexity index is 1280. The molecule has 5 aliphatic carbocycles. The predicted octanol–water partition coefficient (Wildman–Crippen LogP) is 7.07. The van der Waals surface area contributed by atoms with Crippen LogP contribution >= 0.6 is 0 Å². The third kappa shape index (κ3) is 3.32. The normalized spacial score (nSPS) is 36.7. The van der Waals surface area contributed by atoms with Crippen LogP contribution in [0.1, 0.15) is 90.9 Å². The van der Waals surface area contributed by atoms with Crippen molar-refractivity contribution < 1.29 is 19.1 Å². The van der Waals surface area contributed by atoms with Crippen molar-refractivity contribution in [3.8, 4) is 0 Å². The van der Waals surface area contributed by atoms with Crippen LogP contribution in [0.3, 0.4) is 0 Å². The van der Waals surface area contributed by atoms with E-state index in [0.29, 0.717) is 11.8 Å². The number of esters is 2. The number of hydrogen-bond donors (Lipinski definition) is 0. The predicted molar refractivity (Wildman–Crippen MR) is 146 cm³/mol. The highest BCUT2D eigenvalue weighted by molar-refractivity contribution is 6.00. The largest absolute Gasteiger partial charge is 0.427 e. The van der Waals surface area contributed by atoms with Gasteiger partial charge in [-0.2, -0.15) is 0 Å². The maximum Gasteiger partial charge on any atom is 0.340 e. The summed E-state index contributed by atoms with van der Waals surface area (Å²) in [5.41, 5.74) is 4.91. The molecule has 0 aromatic carbocycles. The van der Waals surface area contributed by atoms with Crippen LogP contribution in [0.25, 0.3) is 0 Å². The van der Waals surface area contributed by atoms with E-state index in [0.717, 1.165) is 86.1 Å². The van der Waals surface area contributed by atoms with Crippen molar-refractivity contribution >= 4 is 18.2 Å². The fourth-order valence-corrected chi connectivity index (χ4v) is 9.20. The molecule has 3 heterocycles. The van der Waals surface area contributed by atoms with Crippen LogP contribution in [0.4, 0.5) is 0 Å². The maximum absolute atomic E-state index is 13.8. The van der Waals surface area contributed by atoms with Crippen LogP contribution < -0.4 is 0 Å². The van der Waals surface area contributed by atoms with E-state index >= 15 is 0 Å². The molecule has 4 atom stereocenters. The summed E-state index contributed by atoms with van der Waals surface area (Å²) in [6.07, 6.45) is 21.0. The number of unbranched alkanes of at least 4 members (excludes halogenated alkanes) is 1. The third-order valence-corrected chi connectivity index (χ3v) is 10.9. The van der Waals surface area contributed by atoms with Gasteiger partial charge in [0.1, 0.15) is 11.5 Å². The fraction of sp³-hybridized carbons (Fsp3) is 0.606. The zero-order chi connectivity index (χ0) is 26.1. The number of allylic oxidation sites excluding steroid dienone is 6. The van der Waals surface area contributed by atoms with Crippen LogP contribution in [-0.4, -0.2) is 24.7 Å². The standard InChI is InChI=1S/C33H39NO4/c1-3-5-8-26-33-15-11-21(24(29(33)31(36)38-26)17-20-12-16-34-19-20)22-9-10-23-25(37-30(35)27(23)28(22)33)18-32(4-2)13-6-7-14-32/h8,12,18-19,21-22,28H,3-7,9-11,13-17H2,1-2H3. The molecule has 4 unspecified atom stereocenters. The number of carbonyl (C=O) groups is 2. The van der Waals surface area contributed by atoms with E-state index in [1.165, 1.54) is 36.8 Å². The number of nitrogens with zero attached hydrogens (tertiary/aromatic N) is 1. The Balaban J connectivity index is 1.39. The number of fused-ring (bicyclic) bond motifs is 1. The van der Waals surface area contributed by atoms with Gasteiger partial charge in [-0.15, -0.1) is 0 Å². The lowest BCUT2D eigenvalue weighted by atomic mass is 9.44. The minimum absolute atomic E-state index is 0.0379. The average molecular weight is 514 g/mol. The lowest BCUT2D eigenvalue weighted by Crippen LogP contribution is -2.52. The third-order valence-electron chi connectivity index (χ3n) is 10.9. The van der Waals surface area contributed by atoms with Crippen LogP contribution in [0.15, 0.2) is 62.6 Å². The van der Waals surface area contributed by atoms with Crippen molar-refractivity contribution in [2.75, 3.05) is 6.54 Å². The average Bonchev–Trinajstić information content (AvgIpc) is 3.72. The highest BCUT2D eigenvalue weighted by Crippen LogP contribution is 2.71. The summed E-state index contributed by atoms with van der Waals surface area (Å²) in [7, 11) is 0. The van der Waals surface area contributed by atoms with Gasteiger partial charge in [0.05, 0.1) is 17.5 Å². The summed E-state index contributed by atoms with van der Waals surface area (Å²) in [6.45, 7) is 5.14. The first-order chi connectivity index (χ1) is 18.5. The SMILES string of the molecule is CCCC=C1OC(=O)C2=C(CC3=CCN=C3)C3CCC12C1C2=C(CCC31)C(=CC1(CC)CCCC1)OC2=O. The number of cyclic esters (lactones) is 2. The monoisotopic (exact) mass is 513 g/mol. The van der Waals surface area contributed by atoms with E-state index in [1.54, 1.807) is 0 Å². The zero-order valence-electron chi connectivity index (χ0n) is 22.8. The molecule has 0 aromatic heterocycles. The fourth-order valence-electron chi connectivity index (χ4n) is 9.20. The molecular formula is C33H39NO4. The molecule has 0 aromatic rings. The molecule has 5 nitrogen and oxygen atoms in total. The van der Waals surface area contributed by atoms with Gasteiger partial charge >= 0.3 is 11.9 Å². The van der Waals surface area contributed by atoms with Crippen molar-refractivity contribution in [1.82, 2.24) is 0 Å². The quantitative estimate of drug-likeness (QED) is 0.356. The molecule has 8 aliphatic rings. The first-order valence-corrected chi connectivity index (χ1v) is 15.0. The number of aliphatic imine (C=N–C) groups is 1. The van der Waals surface area contributed by atoms with Crippen LogP contribution in [0, 0.1) is 28.6 Å². The Labute approximate surface area is 225 Å². The minimum Gasteiger partial charge on any atom is -0.427 e. The lowest BCUT2D eigenvalue weighted by molar-refractivity contribution is -0.135. The van der Waals surface area contributed by atoms with Gasteiger partial charge in [0.15, 0.2) is 0 Å². The number of carbonyl (C=O) groups excluding carboxylic acids is 2. The van der Waals surface area contributed by atoms with Gasteiger partial charge in [0.25, 0.3) is 0 Å².